The molecule has 0 aliphatic rings. The Hall–Kier alpha value is -1.19. The molecule has 0 aromatic heterocycles. The molecule has 2 aromatic rings. The first-order valence-electron chi connectivity index (χ1n) is 5.68. The van der Waals surface area contributed by atoms with Gasteiger partial charge in [0.05, 0.1) is 0 Å². The second kappa shape index (κ2) is 6.12. The van der Waals surface area contributed by atoms with E-state index in [-0.39, 0.29) is 0 Å². The van der Waals surface area contributed by atoms with Crippen molar-refractivity contribution >= 4 is 38.9 Å². The van der Waals surface area contributed by atoms with E-state index in [4.69, 9.17) is 17.3 Å². The van der Waals surface area contributed by atoms with Gasteiger partial charge in [-0.05, 0) is 58.2 Å². The standard InChI is InChI=1S/C14H14BrClN2/c15-13-9-12(17)5-6-14(13)18-8-7-10-1-3-11(16)4-2-10/h1-6,9,18H,7-8,17H2. The van der Waals surface area contributed by atoms with Gasteiger partial charge in [0.1, 0.15) is 0 Å². The van der Waals surface area contributed by atoms with Crippen molar-refractivity contribution in [1.82, 2.24) is 0 Å². The number of nitrogens with one attached hydrogen (secondary N) is 1. The molecule has 94 valence electrons. The number of hydrogen-bond acceptors (Lipinski definition) is 2. The van der Waals surface area contributed by atoms with Crippen LogP contribution in [-0.4, -0.2) is 6.54 Å². The minimum absolute atomic E-state index is 0.755. The van der Waals surface area contributed by atoms with Crippen LogP contribution in [0, 0.1) is 0 Å². The van der Waals surface area contributed by atoms with Crippen molar-refractivity contribution in [2.75, 3.05) is 17.6 Å². The van der Waals surface area contributed by atoms with Crippen LogP contribution in [0.15, 0.2) is 46.9 Å². The minimum atomic E-state index is 0.755. The van der Waals surface area contributed by atoms with E-state index in [0.717, 1.165) is 33.8 Å². The number of halogens is 2. The van der Waals surface area contributed by atoms with Crippen molar-refractivity contribution in [3.05, 3.63) is 57.5 Å². The highest BCUT2D eigenvalue weighted by Crippen LogP contribution is 2.24. The quantitative estimate of drug-likeness (QED) is 0.821. The lowest BCUT2D eigenvalue weighted by molar-refractivity contribution is 1.02. The maximum Gasteiger partial charge on any atom is 0.0486 e. The number of nitrogen functional groups attached to an aromatic ring is 1. The molecule has 0 atom stereocenters. The molecule has 2 aromatic carbocycles. The van der Waals surface area contributed by atoms with Gasteiger partial charge in [-0.2, -0.15) is 0 Å². The molecular weight excluding hydrogens is 312 g/mol. The smallest absolute Gasteiger partial charge is 0.0486 e. The third kappa shape index (κ3) is 3.65. The Morgan fingerprint density at radius 1 is 1.11 bits per heavy atom. The Labute approximate surface area is 120 Å². The Morgan fingerprint density at radius 3 is 2.50 bits per heavy atom. The summed E-state index contributed by atoms with van der Waals surface area (Å²) in [4.78, 5) is 0. The lowest BCUT2D eigenvalue weighted by Gasteiger charge is -2.09. The summed E-state index contributed by atoms with van der Waals surface area (Å²) in [5, 5.41) is 4.14. The molecule has 0 fully saturated rings. The van der Waals surface area contributed by atoms with Gasteiger partial charge in [0.15, 0.2) is 0 Å². The van der Waals surface area contributed by atoms with E-state index in [1.807, 2.05) is 42.5 Å². The minimum Gasteiger partial charge on any atom is -0.399 e. The van der Waals surface area contributed by atoms with E-state index in [0.29, 0.717) is 0 Å². The van der Waals surface area contributed by atoms with E-state index in [9.17, 15) is 0 Å². The van der Waals surface area contributed by atoms with E-state index < -0.39 is 0 Å². The molecule has 3 N–H and O–H groups in total. The van der Waals surface area contributed by atoms with Gasteiger partial charge < -0.3 is 11.1 Å². The molecule has 0 saturated carbocycles. The molecule has 0 bridgehead atoms. The predicted octanol–water partition coefficient (Wildman–Crippen LogP) is 4.34. The fourth-order valence-corrected chi connectivity index (χ4v) is 2.33. The Kier molecular flexibility index (Phi) is 4.50. The summed E-state index contributed by atoms with van der Waals surface area (Å²) in [7, 11) is 0. The fraction of sp³-hybridized carbons (Fsp3) is 0.143. The molecule has 0 radical (unpaired) electrons. The molecule has 0 aliphatic heterocycles. The number of anilines is 2. The molecule has 0 amide bonds. The third-order valence-corrected chi connectivity index (χ3v) is 3.54. The van der Waals surface area contributed by atoms with Gasteiger partial charge >= 0.3 is 0 Å². The highest BCUT2D eigenvalue weighted by molar-refractivity contribution is 9.10. The van der Waals surface area contributed by atoms with Crippen molar-refractivity contribution in [2.45, 2.75) is 6.42 Å². The molecule has 0 heterocycles. The monoisotopic (exact) mass is 324 g/mol. The second-order valence-electron chi connectivity index (χ2n) is 4.04. The summed E-state index contributed by atoms with van der Waals surface area (Å²) in [5.74, 6) is 0. The van der Waals surface area contributed by atoms with Crippen LogP contribution >= 0.6 is 27.5 Å². The van der Waals surface area contributed by atoms with Gasteiger partial charge in [-0.25, -0.2) is 0 Å². The van der Waals surface area contributed by atoms with Crippen molar-refractivity contribution < 1.29 is 0 Å². The van der Waals surface area contributed by atoms with Crippen LogP contribution in [0.5, 0.6) is 0 Å². The topological polar surface area (TPSA) is 38.0 Å². The van der Waals surface area contributed by atoms with Gasteiger partial charge in [0.25, 0.3) is 0 Å². The first kappa shape index (κ1) is 13.2. The predicted molar refractivity (Wildman–Crippen MR) is 82.2 cm³/mol. The van der Waals surface area contributed by atoms with Gasteiger partial charge in [-0.15, -0.1) is 0 Å². The molecule has 0 unspecified atom stereocenters. The normalized spacial score (nSPS) is 10.3. The molecule has 2 nitrogen and oxygen atoms in total. The van der Waals surface area contributed by atoms with Crippen LogP contribution < -0.4 is 11.1 Å². The average Bonchev–Trinajstić information content (AvgIpc) is 2.34. The van der Waals surface area contributed by atoms with Gasteiger partial charge in [-0.3, -0.25) is 0 Å². The summed E-state index contributed by atoms with van der Waals surface area (Å²) in [5.41, 5.74) is 8.76. The van der Waals surface area contributed by atoms with Crippen LogP contribution in [-0.2, 0) is 6.42 Å². The highest BCUT2D eigenvalue weighted by Gasteiger charge is 1.99. The first-order valence-corrected chi connectivity index (χ1v) is 6.85. The second-order valence-corrected chi connectivity index (χ2v) is 5.33. The van der Waals surface area contributed by atoms with Crippen molar-refractivity contribution in [2.24, 2.45) is 0 Å². The van der Waals surface area contributed by atoms with Gasteiger partial charge in [-0.1, -0.05) is 23.7 Å². The summed E-state index contributed by atoms with van der Waals surface area (Å²) >= 11 is 9.33. The number of nitrogens with two attached hydrogens (primary N) is 1. The largest absolute Gasteiger partial charge is 0.399 e. The molecule has 0 aliphatic carbocycles. The van der Waals surface area contributed by atoms with Crippen LogP contribution in [0.25, 0.3) is 0 Å². The zero-order valence-corrected chi connectivity index (χ0v) is 12.1. The first-order chi connectivity index (χ1) is 8.65. The molecular formula is C14H14BrClN2. The maximum absolute atomic E-state index is 5.84. The van der Waals surface area contributed by atoms with Gasteiger partial charge in [0, 0.05) is 27.4 Å². The van der Waals surface area contributed by atoms with E-state index >= 15 is 0 Å². The van der Waals surface area contributed by atoms with E-state index in [1.54, 1.807) is 0 Å². The van der Waals surface area contributed by atoms with E-state index in [2.05, 4.69) is 21.2 Å². The lowest BCUT2D eigenvalue weighted by atomic mass is 10.1. The highest BCUT2D eigenvalue weighted by atomic mass is 79.9. The zero-order chi connectivity index (χ0) is 13.0. The third-order valence-electron chi connectivity index (χ3n) is 2.64. The van der Waals surface area contributed by atoms with Gasteiger partial charge in [0.2, 0.25) is 0 Å². The van der Waals surface area contributed by atoms with Crippen LogP contribution in [0.3, 0.4) is 0 Å². The summed E-state index contributed by atoms with van der Waals surface area (Å²) in [6.07, 6.45) is 0.952. The Morgan fingerprint density at radius 2 is 1.83 bits per heavy atom. The molecule has 2 rings (SSSR count). The zero-order valence-electron chi connectivity index (χ0n) is 9.79. The summed E-state index contributed by atoms with van der Waals surface area (Å²) in [6.45, 7) is 0.865. The van der Waals surface area contributed by atoms with Crippen molar-refractivity contribution in [3.63, 3.8) is 0 Å². The van der Waals surface area contributed by atoms with Crippen LogP contribution in [0.4, 0.5) is 11.4 Å². The summed E-state index contributed by atoms with van der Waals surface area (Å²) in [6, 6.07) is 13.7. The van der Waals surface area contributed by atoms with Crippen molar-refractivity contribution in [3.8, 4) is 0 Å². The Balaban J connectivity index is 1.90. The summed E-state index contributed by atoms with van der Waals surface area (Å²) < 4.78 is 0.985. The SMILES string of the molecule is Nc1ccc(NCCc2ccc(Cl)cc2)c(Br)c1. The van der Waals surface area contributed by atoms with Crippen LogP contribution in [0.1, 0.15) is 5.56 Å². The van der Waals surface area contributed by atoms with Crippen molar-refractivity contribution in [1.29, 1.82) is 0 Å². The number of hydrogen-bond donors (Lipinski definition) is 2. The molecule has 4 heteroatoms. The van der Waals surface area contributed by atoms with Crippen LogP contribution in [0.2, 0.25) is 5.02 Å². The average molecular weight is 326 g/mol. The Bertz CT molecular complexity index is 526. The molecule has 18 heavy (non-hydrogen) atoms. The van der Waals surface area contributed by atoms with E-state index in [1.165, 1.54) is 5.56 Å². The fourth-order valence-electron chi connectivity index (χ4n) is 1.67. The number of benzene rings is 2. The molecule has 0 spiro atoms. The lowest BCUT2D eigenvalue weighted by Crippen LogP contribution is -2.05. The molecule has 0 saturated heterocycles. The maximum atomic E-state index is 5.84. The number of rotatable bonds is 4.